The van der Waals surface area contributed by atoms with Crippen LogP contribution in [0.25, 0.3) is 0 Å². The van der Waals surface area contributed by atoms with Crippen molar-refractivity contribution in [3.63, 3.8) is 0 Å². The largest absolute Gasteiger partial charge is 0.103 e. The van der Waals surface area contributed by atoms with E-state index in [9.17, 15) is 0 Å². The second-order valence-electron chi connectivity index (χ2n) is 8.78. The van der Waals surface area contributed by atoms with Crippen LogP contribution in [0, 0.1) is 23.7 Å². The van der Waals surface area contributed by atoms with Crippen molar-refractivity contribution in [1.29, 1.82) is 0 Å². The first-order valence-corrected chi connectivity index (χ1v) is 12.9. The van der Waals surface area contributed by atoms with Crippen molar-refractivity contribution in [1.82, 2.24) is 0 Å². The third-order valence-electron chi connectivity index (χ3n) is 5.96. The zero-order chi connectivity index (χ0) is 19.8. The van der Waals surface area contributed by atoms with Gasteiger partial charge in [0.05, 0.1) is 0 Å². The lowest BCUT2D eigenvalue weighted by atomic mass is 10.0. The second kappa shape index (κ2) is 22.4. The van der Waals surface area contributed by atoms with Crippen LogP contribution < -0.4 is 0 Å². The Balaban J connectivity index is 2.10. The summed E-state index contributed by atoms with van der Waals surface area (Å²) in [5.74, 6) is 13.6. The zero-order valence-electron chi connectivity index (χ0n) is 19.0. The van der Waals surface area contributed by atoms with Gasteiger partial charge < -0.3 is 0 Å². The van der Waals surface area contributed by atoms with Crippen molar-refractivity contribution in [2.45, 2.75) is 154 Å². The smallest absolute Gasteiger partial charge is 0.00886 e. The molecule has 0 heteroatoms. The fourth-order valence-corrected chi connectivity index (χ4v) is 4.04. The van der Waals surface area contributed by atoms with Gasteiger partial charge >= 0.3 is 0 Å². The van der Waals surface area contributed by atoms with Crippen LogP contribution in [0.4, 0.5) is 0 Å². The van der Waals surface area contributed by atoms with Gasteiger partial charge in [0.25, 0.3) is 0 Å². The number of rotatable bonds is 0. The average molecular weight is 385 g/mol. The normalized spacial score (nSPS) is 21.7. The lowest BCUT2D eigenvalue weighted by molar-refractivity contribution is 0.553. The molecule has 1 aliphatic carbocycles. The molecule has 0 aromatic carbocycles. The highest BCUT2D eigenvalue weighted by Gasteiger charge is 1.94. The Morgan fingerprint density at radius 3 is 0.500 bits per heavy atom. The van der Waals surface area contributed by atoms with Crippen molar-refractivity contribution in [2.75, 3.05) is 0 Å². The second-order valence-corrected chi connectivity index (χ2v) is 8.78. The summed E-state index contributed by atoms with van der Waals surface area (Å²) in [5.41, 5.74) is 0. The van der Waals surface area contributed by atoms with E-state index in [-0.39, 0.29) is 0 Å². The van der Waals surface area contributed by atoms with E-state index in [0.717, 1.165) is 25.7 Å². The maximum Gasteiger partial charge on any atom is 0.00886 e. The predicted octanol–water partition coefficient (Wildman–Crippen LogP) is 9.37. The summed E-state index contributed by atoms with van der Waals surface area (Å²) in [7, 11) is 0. The fourth-order valence-electron chi connectivity index (χ4n) is 4.04. The van der Waals surface area contributed by atoms with Gasteiger partial charge in [-0.3, -0.25) is 0 Å². The predicted molar refractivity (Wildman–Crippen MR) is 126 cm³/mol. The Labute approximate surface area is 178 Å². The molecule has 0 aliphatic heterocycles. The minimum Gasteiger partial charge on any atom is -0.103 e. The van der Waals surface area contributed by atoms with Gasteiger partial charge in [-0.1, -0.05) is 103 Å². The van der Waals surface area contributed by atoms with Gasteiger partial charge in [0.15, 0.2) is 0 Å². The molecule has 0 amide bonds. The summed E-state index contributed by atoms with van der Waals surface area (Å²) in [6.07, 6.45) is 32.4. The molecular weight excluding hydrogens is 336 g/mol. The molecule has 0 saturated heterocycles. The molecule has 0 saturated carbocycles. The molecular formula is C28H48. The summed E-state index contributed by atoms with van der Waals surface area (Å²) in [6, 6.07) is 0. The number of hydrogen-bond acceptors (Lipinski definition) is 0. The molecule has 0 aromatic heterocycles. The van der Waals surface area contributed by atoms with Crippen LogP contribution in [0.15, 0.2) is 0 Å². The van der Waals surface area contributed by atoms with Gasteiger partial charge in [0, 0.05) is 25.7 Å². The van der Waals surface area contributed by atoms with E-state index in [2.05, 4.69) is 23.7 Å². The third kappa shape index (κ3) is 19.9. The molecule has 0 spiro atoms. The van der Waals surface area contributed by atoms with Crippen LogP contribution in [-0.2, 0) is 0 Å². The highest BCUT2D eigenvalue weighted by atomic mass is 14.0. The molecule has 0 atom stereocenters. The molecule has 0 bridgehead atoms. The van der Waals surface area contributed by atoms with Gasteiger partial charge in [-0.25, -0.2) is 0 Å². The van der Waals surface area contributed by atoms with Crippen molar-refractivity contribution < 1.29 is 0 Å². The maximum absolute atomic E-state index is 3.40. The highest BCUT2D eigenvalue weighted by molar-refractivity contribution is 4.98. The SMILES string of the molecule is C1#CCCCCCCCCCCCCC#CCCCCCCCCCCCC1. The lowest BCUT2D eigenvalue weighted by Gasteiger charge is -2.02. The van der Waals surface area contributed by atoms with Crippen LogP contribution in [0.1, 0.15) is 154 Å². The fraction of sp³-hybridized carbons (Fsp3) is 0.857. The summed E-state index contributed by atoms with van der Waals surface area (Å²) in [4.78, 5) is 0. The summed E-state index contributed by atoms with van der Waals surface area (Å²) >= 11 is 0. The van der Waals surface area contributed by atoms with E-state index in [4.69, 9.17) is 0 Å². The summed E-state index contributed by atoms with van der Waals surface area (Å²) in [6.45, 7) is 0. The number of hydrogen-bond donors (Lipinski definition) is 0. The topological polar surface area (TPSA) is 0 Å². The van der Waals surface area contributed by atoms with Crippen molar-refractivity contribution in [2.24, 2.45) is 0 Å². The monoisotopic (exact) mass is 384 g/mol. The molecule has 0 unspecified atom stereocenters. The molecule has 1 aliphatic rings. The van der Waals surface area contributed by atoms with Crippen LogP contribution in [0.5, 0.6) is 0 Å². The van der Waals surface area contributed by atoms with Crippen LogP contribution in [-0.4, -0.2) is 0 Å². The minimum atomic E-state index is 1.13. The van der Waals surface area contributed by atoms with Crippen molar-refractivity contribution in [3.05, 3.63) is 0 Å². The van der Waals surface area contributed by atoms with E-state index in [0.29, 0.717) is 0 Å². The molecule has 0 aromatic rings. The van der Waals surface area contributed by atoms with E-state index in [1.807, 2.05) is 0 Å². The van der Waals surface area contributed by atoms with Gasteiger partial charge in [-0.15, -0.1) is 23.7 Å². The van der Waals surface area contributed by atoms with E-state index in [1.165, 1.54) is 128 Å². The Kier molecular flexibility index (Phi) is 20.1. The molecule has 0 radical (unpaired) electrons. The first-order valence-electron chi connectivity index (χ1n) is 12.9. The van der Waals surface area contributed by atoms with Crippen LogP contribution in [0.2, 0.25) is 0 Å². The summed E-state index contributed by atoms with van der Waals surface area (Å²) in [5, 5.41) is 0. The standard InChI is InChI=1S/C28H48/c1-2-4-6-8-10-12-14-16-18-20-22-24-26-28-27-25-23-21-19-17-15-13-11-9-7-5-3-1/h1-12,17-28H2. The first-order chi connectivity index (χ1) is 14.0. The van der Waals surface area contributed by atoms with E-state index in [1.54, 1.807) is 0 Å². The molecule has 0 N–H and O–H groups in total. The van der Waals surface area contributed by atoms with E-state index < -0.39 is 0 Å². The maximum atomic E-state index is 3.40. The Morgan fingerprint density at radius 2 is 0.321 bits per heavy atom. The molecule has 0 nitrogen and oxygen atoms in total. The Hall–Kier alpha value is -0.880. The molecule has 28 heavy (non-hydrogen) atoms. The molecule has 0 heterocycles. The minimum absolute atomic E-state index is 1.13. The lowest BCUT2D eigenvalue weighted by Crippen LogP contribution is -1.83. The molecule has 160 valence electrons. The van der Waals surface area contributed by atoms with Gasteiger partial charge in [0.1, 0.15) is 0 Å². The highest BCUT2D eigenvalue weighted by Crippen LogP contribution is 2.13. The average Bonchev–Trinajstić information content (AvgIpc) is 2.71. The molecule has 1 rings (SSSR count). The van der Waals surface area contributed by atoms with Gasteiger partial charge in [0.2, 0.25) is 0 Å². The van der Waals surface area contributed by atoms with Crippen LogP contribution >= 0.6 is 0 Å². The quantitative estimate of drug-likeness (QED) is 0.365. The summed E-state index contributed by atoms with van der Waals surface area (Å²) < 4.78 is 0. The third-order valence-corrected chi connectivity index (χ3v) is 5.96. The molecule has 0 fully saturated rings. The van der Waals surface area contributed by atoms with Crippen molar-refractivity contribution in [3.8, 4) is 23.7 Å². The Bertz CT molecular complexity index is 346. The van der Waals surface area contributed by atoms with Crippen LogP contribution in [0.3, 0.4) is 0 Å². The van der Waals surface area contributed by atoms with Gasteiger partial charge in [-0.05, 0) is 25.7 Å². The first kappa shape index (κ1) is 25.2. The Morgan fingerprint density at radius 1 is 0.179 bits per heavy atom. The van der Waals surface area contributed by atoms with Crippen molar-refractivity contribution >= 4 is 0 Å². The van der Waals surface area contributed by atoms with Gasteiger partial charge in [-0.2, -0.15) is 0 Å². The van der Waals surface area contributed by atoms with E-state index >= 15 is 0 Å². The zero-order valence-corrected chi connectivity index (χ0v) is 19.0.